The molecule has 0 saturated carbocycles. The smallest absolute Gasteiger partial charge is 0.253 e. The van der Waals surface area contributed by atoms with E-state index in [0.717, 1.165) is 25.2 Å². The van der Waals surface area contributed by atoms with E-state index in [1.165, 1.54) is 4.90 Å². The summed E-state index contributed by atoms with van der Waals surface area (Å²) in [7, 11) is 3.44. The highest BCUT2D eigenvalue weighted by Gasteiger charge is 2.09. The minimum Gasteiger partial charge on any atom is -0.397 e. The van der Waals surface area contributed by atoms with E-state index in [4.69, 9.17) is 5.73 Å². The van der Waals surface area contributed by atoms with Gasteiger partial charge in [-0.1, -0.05) is 0 Å². The average Bonchev–Trinajstić information content (AvgIpc) is 2.97. The fourth-order valence-corrected chi connectivity index (χ4v) is 2.01. The molecule has 2 aromatic rings. The highest BCUT2D eigenvalue weighted by atomic mass is 16.2. The zero-order valence-corrected chi connectivity index (χ0v) is 12.4. The molecule has 0 aliphatic rings. The molecule has 0 spiro atoms. The summed E-state index contributed by atoms with van der Waals surface area (Å²) in [4.78, 5) is 13.4. The number of anilines is 2. The number of aryl methyl sites for hydroxylation is 1. The lowest BCUT2D eigenvalue weighted by molar-refractivity contribution is 0.0827. The van der Waals surface area contributed by atoms with Crippen LogP contribution in [0.1, 0.15) is 16.8 Å². The third kappa shape index (κ3) is 3.98. The van der Waals surface area contributed by atoms with Crippen LogP contribution in [-0.2, 0) is 6.54 Å². The fourth-order valence-electron chi connectivity index (χ4n) is 2.01. The van der Waals surface area contributed by atoms with Crippen molar-refractivity contribution in [3.05, 3.63) is 42.2 Å². The van der Waals surface area contributed by atoms with E-state index in [0.29, 0.717) is 11.3 Å². The van der Waals surface area contributed by atoms with Crippen molar-refractivity contribution in [3.8, 4) is 0 Å². The molecule has 0 bridgehead atoms. The van der Waals surface area contributed by atoms with E-state index in [-0.39, 0.29) is 5.91 Å². The summed E-state index contributed by atoms with van der Waals surface area (Å²) < 4.78 is 1.89. The zero-order chi connectivity index (χ0) is 15.2. The first kappa shape index (κ1) is 14.9. The second-order valence-corrected chi connectivity index (χ2v) is 5.05. The van der Waals surface area contributed by atoms with Crippen molar-refractivity contribution in [1.82, 2.24) is 14.7 Å². The fraction of sp³-hybridized carbons (Fsp3) is 0.333. The molecule has 6 heteroatoms. The molecule has 3 N–H and O–H groups in total. The lowest BCUT2D eigenvalue weighted by Crippen LogP contribution is -2.21. The number of nitrogens with one attached hydrogen (secondary N) is 1. The molecule has 21 heavy (non-hydrogen) atoms. The Morgan fingerprint density at radius 1 is 1.43 bits per heavy atom. The lowest BCUT2D eigenvalue weighted by atomic mass is 10.1. The molecule has 1 amide bonds. The van der Waals surface area contributed by atoms with Gasteiger partial charge in [0.05, 0.1) is 11.4 Å². The van der Waals surface area contributed by atoms with Crippen LogP contribution in [0.15, 0.2) is 36.7 Å². The second kappa shape index (κ2) is 6.78. The quantitative estimate of drug-likeness (QED) is 0.626. The maximum absolute atomic E-state index is 11.8. The average molecular weight is 287 g/mol. The molecule has 6 nitrogen and oxygen atoms in total. The number of carbonyl (C=O) groups is 1. The molecule has 1 heterocycles. The van der Waals surface area contributed by atoms with Crippen LogP contribution in [0.2, 0.25) is 0 Å². The van der Waals surface area contributed by atoms with Crippen LogP contribution in [0, 0.1) is 0 Å². The first-order valence-corrected chi connectivity index (χ1v) is 6.90. The maximum Gasteiger partial charge on any atom is 0.253 e. The molecular formula is C15H21N5O. The summed E-state index contributed by atoms with van der Waals surface area (Å²) in [5.74, 6) is -0.0491. The number of nitrogen functional groups attached to an aromatic ring is 1. The van der Waals surface area contributed by atoms with E-state index >= 15 is 0 Å². The van der Waals surface area contributed by atoms with Crippen LogP contribution in [-0.4, -0.2) is 41.2 Å². The van der Waals surface area contributed by atoms with Crippen molar-refractivity contribution in [3.63, 3.8) is 0 Å². The summed E-state index contributed by atoms with van der Waals surface area (Å²) in [5.41, 5.74) is 8.02. The van der Waals surface area contributed by atoms with Gasteiger partial charge in [0.2, 0.25) is 0 Å². The number of hydrogen-bond acceptors (Lipinski definition) is 4. The number of hydrogen-bond donors (Lipinski definition) is 2. The van der Waals surface area contributed by atoms with E-state index < -0.39 is 0 Å². The van der Waals surface area contributed by atoms with Crippen LogP contribution in [0.4, 0.5) is 11.4 Å². The topological polar surface area (TPSA) is 76.2 Å². The van der Waals surface area contributed by atoms with Crippen molar-refractivity contribution in [2.24, 2.45) is 0 Å². The molecular weight excluding hydrogens is 266 g/mol. The summed E-state index contributed by atoms with van der Waals surface area (Å²) in [5, 5.41) is 7.43. The number of rotatable bonds is 6. The van der Waals surface area contributed by atoms with Crippen molar-refractivity contribution in [1.29, 1.82) is 0 Å². The van der Waals surface area contributed by atoms with Crippen molar-refractivity contribution in [2.75, 3.05) is 31.7 Å². The monoisotopic (exact) mass is 287 g/mol. The molecule has 0 unspecified atom stereocenters. The standard InChI is InChI=1S/C15H21N5O/c1-19(2)15(21)12-5-6-14(13(16)11-12)17-7-3-9-20-10-4-8-18-20/h4-6,8,10-11,17H,3,7,9,16H2,1-2H3. The molecule has 0 saturated heterocycles. The Labute approximate surface area is 124 Å². The minimum absolute atomic E-state index is 0.0491. The van der Waals surface area contributed by atoms with Gasteiger partial charge in [0, 0.05) is 45.1 Å². The van der Waals surface area contributed by atoms with Gasteiger partial charge in [0.1, 0.15) is 0 Å². The van der Waals surface area contributed by atoms with Gasteiger partial charge in [-0.05, 0) is 30.7 Å². The first-order chi connectivity index (χ1) is 10.1. The predicted octanol–water partition coefficient (Wildman–Crippen LogP) is 1.67. The SMILES string of the molecule is CN(C)C(=O)c1ccc(NCCCn2cccn2)c(N)c1. The van der Waals surface area contributed by atoms with Gasteiger partial charge in [-0.3, -0.25) is 9.48 Å². The van der Waals surface area contributed by atoms with E-state index in [9.17, 15) is 4.79 Å². The highest BCUT2D eigenvalue weighted by molar-refractivity contribution is 5.95. The van der Waals surface area contributed by atoms with Gasteiger partial charge in [-0.15, -0.1) is 0 Å². The van der Waals surface area contributed by atoms with Crippen LogP contribution in [0.5, 0.6) is 0 Å². The molecule has 0 radical (unpaired) electrons. The Morgan fingerprint density at radius 2 is 2.24 bits per heavy atom. The number of nitrogens with zero attached hydrogens (tertiary/aromatic N) is 3. The summed E-state index contributed by atoms with van der Waals surface area (Å²) in [6.45, 7) is 1.65. The molecule has 2 rings (SSSR count). The lowest BCUT2D eigenvalue weighted by Gasteiger charge is -2.13. The summed E-state index contributed by atoms with van der Waals surface area (Å²) >= 11 is 0. The predicted molar refractivity (Wildman–Crippen MR) is 84.2 cm³/mol. The van der Waals surface area contributed by atoms with Crippen LogP contribution >= 0.6 is 0 Å². The third-order valence-corrected chi connectivity index (χ3v) is 3.14. The molecule has 1 aromatic heterocycles. The molecule has 112 valence electrons. The molecule has 1 aromatic carbocycles. The Hall–Kier alpha value is -2.50. The van der Waals surface area contributed by atoms with E-state index in [1.807, 2.05) is 23.0 Å². The molecule has 0 aliphatic heterocycles. The molecule has 0 atom stereocenters. The van der Waals surface area contributed by atoms with Gasteiger partial charge < -0.3 is 16.0 Å². The Morgan fingerprint density at radius 3 is 2.86 bits per heavy atom. The second-order valence-electron chi connectivity index (χ2n) is 5.05. The number of benzene rings is 1. The summed E-state index contributed by atoms with van der Waals surface area (Å²) in [6, 6.07) is 7.25. The largest absolute Gasteiger partial charge is 0.397 e. The number of amides is 1. The van der Waals surface area contributed by atoms with Crippen molar-refractivity contribution < 1.29 is 4.79 Å². The highest BCUT2D eigenvalue weighted by Crippen LogP contribution is 2.20. The van der Waals surface area contributed by atoms with Gasteiger partial charge in [0.15, 0.2) is 0 Å². The Balaban J connectivity index is 1.87. The van der Waals surface area contributed by atoms with Crippen molar-refractivity contribution >= 4 is 17.3 Å². The van der Waals surface area contributed by atoms with Gasteiger partial charge in [-0.25, -0.2) is 0 Å². The van der Waals surface area contributed by atoms with Crippen LogP contribution < -0.4 is 11.1 Å². The molecule has 0 fully saturated rings. The number of aromatic nitrogens is 2. The van der Waals surface area contributed by atoms with Crippen LogP contribution in [0.3, 0.4) is 0 Å². The Bertz CT molecular complexity index is 592. The number of carbonyl (C=O) groups excluding carboxylic acids is 1. The number of nitrogens with two attached hydrogens (primary N) is 1. The normalized spacial score (nSPS) is 10.4. The zero-order valence-electron chi connectivity index (χ0n) is 12.4. The molecule has 0 aliphatic carbocycles. The van der Waals surface area contributed by atoms with E-state index in [1.54, 1.807) is 32.4 Å². The summed E-state index contributed by atoms with van der Waals surface area (Å²) in [6.07, 6.45) is 4.65. The Kier molecular flexibility index (Phi) is 4.81. The van der Waals surface area contributed by atoms with Crippen molar-refractivity contribution in [2.45, 2.75) is 13.0 Å². The van der Waals surface area contributed by atoms with E-state index in [2.05, 4.69) is 10.4 Å². The maximum atomic E-state index is 11.8. The third-order valence-electron chi connectivity index (χ3n) is 3.14. The van der Waals surface area contributed by atoms with Crippen LogP contribution in [0.25, 0.3) is 0 Å². The first-order valence-electron chi connectivity index (χ1n) is 6.90. The van der Waals surface area contributed by atoms with Gasteiger partial charge in [-0.2, -0.15) is 5.10 Å². The van der Waals surface area contributed by atoms with Gasteiger partial charge in [0.25, 0.3) is 5.91 Å². The minimum atomic E-state index is -0.0491. The van der Waals surface area contributed by atoms with Gasteiger partial charge >= 0.3 is 0 Å².